The Morgan fingerprint density at radius 1 is 1.29 bits per heavy atom. The molecular weight excluding hydrogens is 212 g/mol. The fourth-order valence-corrected chi connectivity index (χ4v) is 2.08. The van der Waals surface area contributed by atoms with Crippen LogP contribution >= 0.6 is 0 Å². The number of aryl methyl sites for hydroxylation is 3. The van der Waals surface area contributed by atoms with Crippen LogP contribution in [-0.4, -0.2) is 21.3 Å². The molecule has 0 saturated carbocycles. The molecule has 17 heavy (non-hydrogen) atoms. The van der Waals surface area contributed by atoms with Crippen molar-refractivity contribution in [1.82, 2.24) is 9.55 Å². The van der Waals surface area contributed by atoms with Crippen LogP contribution in [-0.2, 0) is 13.5 Å². The summed E-state index contributed by atoms with van der Waals surface area (Å²) in [5.74, 6) is 0.964. The van der Waals surface area contributed by atoms with Gasteiger partial charge in [-0.1, -0.05) is 23.8 Å². The number of hydrogen-bond acceptors (Lipinski definition) is 2. The molecule has 3 nitrogen and oxygen atoms in total. The molecule has 0 unspecified atom stereocenters. The van der Waals surface area contributed by atoms with Gasteiger partial charge in [0, 0.05) is 31.8 Å². The SMILES string of the molecule is Cc1ccc(-c2nc(CCO)cn2C)c(C)c1. The third-order valence-corrected chi connectivity index (χ3v) is 2.92. The predicted octanol–water partition coefficient (Wildman–Crippen LogP) is 2.24. The van der Waals surface area contributed by atoms with Crippen molar-refractivity contribution in [1.29, 1.82) is 0 Å². The molecule has 0 saturated heterocycles. The van der Waals surface area contributed by atoms with Crippen molar-refractivity contribution in [3.8, 4) is 11.4 Å². The van der Waals surface area contributed by atoms with E-state index in [0.29, 0.717) is 6.42 Å². The topological polar surface area (TPSA) is 38.1 Å². The lowest BCUT2D eigenvalue weighted by Gasteiger charge is -2.06. The van der Waals surface area contributed by atoms with Crippen LogP contribution in [0.1, 0.15) is 16.8 Å². The summed E-state index contributed by atoms with van der Waals surface area (Å²) in [5, 5.41) is 8.93. The zero-order valence-corrected chi connectivity index (χ0v) is 10.6. The normalized spacial score (nSPS) is 10.8. The molecule has 0 atom stereocenters. The van der Waals surface area contributed by atoms with E-state index in [1.807, 2.05) is 17.8 Å². The molecule has 0 aliphatic carbocycles. The Morgan fingerprint density at radius 3 is 2.71 bits per heavy atom. The first-order valence-electron chi connectivity index (χ1n) is 5.82. The van der Waals surface area contributed by atoms with Crippen molar-refractivity contribution < 1.29 is 5.11 Å². The summed E-state index contributed by atoms with van der Waals surface area (Å²) < 4.78 is 2.02. The Morgan fingerprint density at radius 2 is 2.06 bits per heavy atom. The summed E-state index contributed by atoms with van der Waals surface area (Å²) in [6.45, 7) is 4.33. The van der Waals surface area contributed by atoms with Crippen LogP contribution < -0.4 is 0 Å². The highest BCUT2D eigenvalue weighted by atomic mass is 16.3. The molecule has 1 N–H and O–H groups in total. The number of aromatic nitrogens is 2. The maximum absolute atomic E-state index is 8.93. The Labute approximate surface area is 102 Å². The Balaban J connectivity index is 2.45. The second-order valence-electron chi connectivity index (χ2n) is 4.46. The lowest BCUT2D eigenvalue weighted by Crippen LogP contribution is -1.94. The third-order valence-electron chi connectivity index (χ3n) is 2.92. The quantitative estimate of drug-likeness (QED) is 0.878. The molecule has 0 fully saturated rings. The molecule has 2 rings (SSSR count). The lowest BCUT2D eigenvalue weighted by atomic mass is 10.1. The Kier molecular flexibility index (Phi) is 3.29. The maximum Gasteiger partial charge on any atom is 0.140 e. The van der Waals surface area contributed by atoms with Crippen LogP contribution in [0.15, 0.2) is 24.4 Å². The van der Waals surface area contributed by atoms with Gasteiger partial charge in [-0.2, -0.15) is 0 Å². The van der Waals surface area contributed by atoms with E-state index in [2.05, 4.69) is 37.0 Å². The van der Waals surface area contributed by atoms with E-state index < -0.39 is 0 Å². The highest BCUT2D eigenvalue weighted by Gasteiger charge is 2.09. The number of aliphatic hydroxyl groups is 1. The van der Waals surface area contributed by atoms with Crippen molar-refractivity contribution in [2.75, 3.05) is 6.61 Å². The highest BCUT2D eigenvalue weighted by molar-refractivity contribution is 5.61. The lowest BCUT2D eigenvalue weighted by molar-refractivity contribution is 0.298. The summed E-state index contributed by atoms with van der Waals surface area (Å²) in [4.78, 5) is 4.56. The van der Waals surface area contributed by atoms with Gasteiger partial charge in [-0.25, -0.2) is 4.98 Å². The Hall–Kier alpha value is -1.61. The highest BCUT2D eigenvalue weighted by Crippen LogP contribution is 2.23. The standard InChI is InChI=1S/C14H18N2O/c1-10-4-5-13(11(2)8-10)14-15-12(6-7-17)9-16(14)3/h4-5,8-9,17H,6-7H2,1-3H3. The molecule has 2 aromatic rings. The molecule has 1 aromatic carbocycles. The average molecular weight is 230 g/mol. The van der Waals surface area contributed by atoms with E-state index in [1.54, 1.807) is 0 Å². The van der Waals surface area contributed by atoms with E-state index in [4.69, 9.17) is 5.11 Å². The van der Waals surface area contributed by atoms with Gasteiger partial charge < -0.3 is 9.67 Å². The zero-order chi connectivity index (χ0) is 12.4. The summed E-state index contributed by atoms with van der Waals surface area (Å²) in [5.41, 5.74) is 4.58. The first kappa shape index (κ1) is 11.9. The van der Waals surface area contributed by atoms with Crippen molar-refractivity contribution in [2.24, 2.45) is 7.05 Å². The minimum atomic E-state index is 0.142. The number of aliphatic hydroxyl groups excluding tert-OH is 1. The smallest absolute Gasteiger partial charge is 0.140 e. The molecule has 0 bridgehead atoms. The van der Waals surface area contributed by atoms with E-state index in [1.165, 1.54) is 11.1 Å². The zero-order valence-electron chi connectivity index (χ0n) is 10.6. The number of benzene rings is 1. The number of nitrogens with zero attached hydrogens (tertiary/aromatic N) is 2. The van der Waals surface area contributed by atoms with Crippen molar-refractivity contribution in [2.45, 2.75) is 20.3 Å². The number of imidazole rings is 1. The van der Waals surface area contributed by atoms with E-state index in [9.17, 15) is 0 Å². The van der Waals surface area contributed by atoms with Gasteiger partial charge in [-0.3, -0.25) is 0 Å². The predicted molar refractivity (Wildman–Crippen MR) is 68.9 cm³/mol. The van der Waals surface area contributed by atoms with Crippen LogP contribution in [0.3, 0.4) is 0 Å². The second-order valence-corrected chi connectivity index (χ2v) is 4.46. The summed E-state index contributed by atoms with van der Waals surface area (Å²) in [7, 11) is 1.99. The van der Waals surface area contributed by atoms with Crippen LogP contribution in [0.2, 0.25) is 0 Å². The van der Waals surface area contributed by atoms with E-state index in [0.717, 1.165) is 17.1 Å². The van der Waals surface area contributed by atoms with Crippen molar-refractivity contribution in [3.63, 3.8) is 0 Å². The largest absolute Gasteiger partial charge is 0.396 e. The van der Waals surface area contributed by atoms with Gasteiger partial charge in [0.05, 0.1) is 5.69 Å². The average Bonchev–Trinajstić information content (AvgIpc) is 2.60. The van der Waals surface area contributed by atoms with Gasteiger partial charge in [-0.15, -0.1) is 0 Å². The van der Waals surface area contributed by atoms with Gasteiger partial charge in [0.1, 0.15) is 5.82 Å². The van der Waals surface area contributed by atoms with Crippen LogP contribution in [0.4, 0.5) is 0 Å². The molecule has 90 valence electrons. The van der Waals surface area contributed by atoms with Gasteiger partial charge in [0.15, 0.2) is 0 Å². The maximum atomic E-state index is 8.93. The monoisotopic (exact) mass is 230 g/mol. The van der Waals surface area contributed by atoms with Crippen LogP contribution in [0.5, 0.6) is 0 Å². The third kappa shape index (κ3) is 2.39. The molecule has 0 radical (unpaired) electrons. The molecular formula is C14H18N2O. The van der Waals surface area contributed by atoms with Crippen molar-refractivity contribution >= 4 is 0 Å². The Bertz CT molecular complexity index is 529. The first-order valence-corrected chi connectivity index (χ1v) is 5.82. The second kappa shape index (κ2) is 4.72. The molecule has 0 aliphatic heterocycles. The molecule has 1 heterocycles. The van der Waals surface area contributed by atoms with Crippen LogP contribution in [0, 0.1) is 13.8 Å². The molecule has 0 amide bonds. The van der Waals surface area contributed by atoms with Gasteiger partial charge in [-0.05, 0) is 19.4 Å². The number of rotatable bonds is 3. The minimum Gasteiger partial charge on any atom is -0.396 e. The molecule has 3 heteroatoms. The van der Waals surface area contributed by atoms with Gasteiger partial charge in [0.25, 0.3) is 0 Å². The van der Waals surface area contributed by atoms with Gasteiger partial charge in [0.2, 0.25) is 0 Å². The first-order chi connectivity index (χ1) is 8.11. The van der Waals surface area contributed by atoms with Gasteiger partial charge >= 0.3 is 0 Å². The fourth-order valence-electron chi connectivity index (χ4n) is 2.08. The molecule has 1 aromatic heterocycles. The number of hydrogen-bond donors (Lipinski definition) is 1. The van der Waals surface area contributed by atoms with E-state index in [-0.39, 0.29) is 6.61 Å². The van der Waals surface area contributed by atoms with Crippen molar-refractivity contribution in [3.05, 3.63) is 41.2 Å². The van der Waals surface area contributed by atoms with Crippen LogP contribution in [0.25, 0.3) is 11.4 Å². The molecule has 0 spiro atoms. The summed E-state index contributed by atoms with van der Waals surface area (Å²) >= 11 is 0. The minimum absolute atomic E-state index is 0.142. The fraction of sp³-hybridized carbons (Fsp3) is 0.357. The van der Waals surface area contributed by atoms with E-state index >= 15 is 0 Å². The summed E-state index contributed by atoms with van der Waals surface area (Å²) in [6.07, 6.45) is 2.59. The summed E-state index contributed by atoms with van der Waals surface area (Å²) in [6, 6.07) is 6.37. The molecule has 0 aliphatic rings.